The summed E-state index contributed by atoms with van der Waals surface area (Å²) in [5, 5.41) is 18.2. The van der Waals surface area contributed by atoms with E-state index in [0.29, 0.717) is 12.8 Å². The second kappa shape index (κ2) is 5.93. The number of aliphatic hydroxyl groups is 2. The van der Waals surface area contributed by atoms with Crippen LogP contribution in [0.4, 0.5) is 0 Å². The maximum Gasteiger partial charge on any atom is 0.325 e. The lowest BCUT2D eigenvalue weighted by Crippen LogP contribution is -2.26. The average molecular weight is 242 g/mol. The zero-order valence-electron chi connectivity index (χ0n) is 9.89. The number of unbranched alkanes of at least 4 members (excludes halogenated alkanes) is 1. The van der Waals surface area contributed by atoms with Gasteiger partial charge in [-0.15, -0.1) is 0 Å². The van der Waals surface area contributed by atoms with Gasteiger partial charge in [-0.2, -0.15) is 0 Å². The highest BCUT2D eigenvalue weighted by atomic mass is 16.8. The van der Waals surface area contributed by atoms with Gasteiger partial charge < -0.3 is 19.7 Å². The van der Waals surface area contributed by atoms with Crippen LogP contribution in [0.1, 0.15) is 39.0 Å². The molecule has 1 aliphatic rings. The van der Waals surface area contributed by atoms with E-state index < -0.39 is 17.9 Å². The maximum atomic E-state index is 11.2. The van der Waals surface area contributed by atoms with Gasteiger partial charge >= 0.3 is 11.9 Å². The molecule has 0 aromatic carbocycles. The Bertz CT molecular complexity index is 319. The standard InChI is InChI=1S/C12H18O5/c1-9(13)6-4-2-3-5-7-10-8-12(15,16)17-11(10)14/h3,5,10,15-16H,2,4,6-8H2,1H3/b5-3+. The van der Waals surface area contributed by atoms with Crippen molar-refractivity contribution in [3.8, 4) is 0 Å². The van der Waals surface area contributed by atoms with Gasteiger partial charge in [0.2, 0.25) is 0 Å². The van der Waals surface area contributed by atoms with E-state index in [-0.39, 0.29) is 12.2 Å². The topological polar surface area (TPSA) is 83.8 Å². The number of carbonyl (C=O) groups excluding carboxylic acids is 2. The Morgan fingerprint density at radius 3 is 2.76 bits per heavy atom. The summed E-state index contributed by atoms with van der Waals surface area (Å²) >= 11 is 0. The quantitative estimate of drug-likeness (QED) is 0.313. The van der Waals surface area contributed by atoms with E-state index in [2.05, 4.69) is 4.74 Å². The molecule has 17 heavy (non-hydrogen) atoms. The summed E-state index contributed by atoms with van der Waals surface area (Å²) in [6, 6.07) is 0. The Morgan fingerprint density at radius 1 is 1.53 bits per heavy atom. The lowest BCUT2D eigenvalue weighted by atomic mass is 10.0. The van der Waals surface area contributed by atoms with Gasteiger partial charge in [-0.3, -0.25) is 4.79 Å². The molecule has 1 unspecified atom stereocenters. The number of ketones is 1. The van der Waals surface area contributed by atoms with Crippen molar-refractivity contribution in [1.82, 2.24) is 0 Å². The fourth-order valence-electron chi connectivity index (χ4n) is 1.72. The molecule has 2 N–H and O–H groups in total. The first kappa shape index (κ1) is 13.9. The Hall–Kier alpha value is -1.20. The number of esters is 1. The first-order chi connectivity index (χ1) is 7.91. The van der Waals surface area contributed by atoms with Crippen molar-refractivity contribution in [3.63, 3.8) is 0 Å². The van der Waals surface area contributed by atoms with Crippen LogP contribution in [-0.2, 0) is 14.3 Å². The first-order valence-corrected chi connectivity index (χ1v) is 5.73. The Labute approximate surface area is 100 Å². The maximum absolute atomic E-state index is 11.2. The summed E-state index contributed by atoms with van der Waals surface area (Å²) in [4.78, 5) is 21.8. The number of rotatable bonds is 6. The number of hydrogen-bond donors (Lipinski definition) is 2. The highest BCUT2D eigenvalue weighted by Crippen LogP contribution is 2.29. The predicted octanol–water partition coefficient (Wildman–Crippen LogP) is 0.893. The van der Waals surface area contributed by atoms with E-state index in [1.165, 1.54) is 0 Å². The normalized spacial score (nSPS) is 23.0. The predicted molar refractivity (Wildman–Crippen MR) is 59.7 cm³/mol. The molecule has 0 amide bonds. The van der Waals surface area contributed by atoms with Gasteiger partial charge in [-0.1, -0.05) is 12.2 Å². The fraction of sp³-hybridized carbons (Fsp3) is 0.667. The SMILES string of the molecule is CC(=O)CCC/C=C/CC1CC(O)(O)OC1=O. The molecule has 0 bridgehead atoms. The smallest absolute Gasteiger partial charge is 0.325 e. The molecule has 1 fully saturated rings. The van der Waals surface area contributed by atoms with E-state index in [1.807, 2.05) is 12.2 Å². The van der Waals surface area contributed by atoms with Gasteiger partial charge in [0.1, 0.15) is 5.78 Å². The second-order valence-corrected chi connectivity index (χ2v) is 4.37. The number of cyclic esters (lactones) is 1. The van der Waals surface area contributed by atoms with Gasteiger partial charge in [0.15, 0.2) is 0 Å². The molecule has 0 aromatic rings. The third-order valence-electron chi connectivity index (χ3n) is 2.60. The second-order valence-electron chi connectivity index (χ2n) is 4.37. The highest BCUT2D eigenvalue weighted by Gasteiger charge is 2.43. The van der Waals surface area contributed by atoms with Crippen molar-refractivity contribution in [2.24, 2.45) is 5.92 Å². The van der Waals surface area contributed by atoms with Gasteiger partial charge in [0.05, 0.1) is 12.3 Å². The van der Waals surface area contributed by atoms with Crippen molar-refractivity contribution < 1.29 is 24.5 Å². The van der Waals surface area contributed by atoms with Crippen LogP contribution in [0.25, 0.3) is 0 Å². The zero-order chi connectivity index (χ0) is 12.9. The molecular weight excluding hydrogens is 224 g/mol. The third-order valence-corrected chi connectivity index (χ3v) is 2.60. The molecule has 1 rings (SSSR count). The van der Waals surface area contributed by atoms with Crippen LogP contribution in [0.2, 0.25) is 0 Å². The molecule has 0 radical (unpaired) electrons. The minimum atomic E-state index is -2.30. The van der Waals surface area contributed by atoms with Gasteiger partial charge in [-0.05, 0) is 26.2 Å². The van der Waals surface area contributed by atoms with E-state index in [0.717, 1.165) is 12.8 Å². The molecular formula is C12H18O5. The number of hydrogen-bond acceptors (Lipinski definition) is 5. The van der Waals surface area contributed by atoms with E-state index in [1.54, 1.807) is 6.92 Å². The summed E-state index contributed by atoms with van der Waals surface area (Å²) in [6.45, 7) is 1.56. The third kappa shape index (κ3) is 5.10. The number of ether oxygens (including phenoxy) is 1. The van der Waals surface area contributed by atoms with Crippen molar-refractivity contribution in [1.29, 1.82) is 0 Å². The van der Waals surface area contributed by atoms with Crippen LogP contribution in [0.5, 0.6) is 0 Å². The van der Waals surface area contributed by atoms with E-state index >= 15 is 0 Å². The first-order valence-electron chi connectivity index (χ1n) is 5.73. The molecule has 0 aliphatic carbocycles. The summed E-state index contributed by atoms with van der Waals surface area (Å²) in [7, 11) is 0. The average Bonchev–Trinajstić information content (AvgIpc) is 2.45. The summed E-state index contributed by atoms with van der Waals surface area (Å²) in [5.74, 6) is -3.20. The van der Waals surface area contributed by atoms with Crippen LogP contribution in [-0.4, -0.2) is 27.9 Å². The van der Waals surface area contributed by atoms with E-state index in [4.69, 9.17) is 10.2 Å². The number of carbonyl (C=O) groups is 2. The molecule has 0 spiro atoms. The molecule has 1 atom stereocenters. The monoisotopic (exact) mass is 242 g/mol. The van der Waals surface area contributed by atoms with Crippen molar-refractivity contribution in [2.45, 2.75) is 45.0 Å². The minimum absolute atomic E-state index is 0.0936. The molecule has 1 aliphatic heterocycles. The molecule has 1 heterocycles. The lowest BCUT2D eigenvalue weighted by Gasteiger charge is -2.10. The Kier molecular flexibility index (Phi) is 4.84. The largest absolute Gasteiger partial charge is 0.408 e. The fourth-order valence-corrected chi connectivity index (χ4v) is 1.72. The molecule has 0 saturated carbocycles. The molecule has 5 heteroatoms. The van der Waals surface area contributed by atoms with Crippen LogP contribution in [0.15, 0.2) is 12.2 Å². The molecule has 96 valence electrons. The van der Waals surface area contributed by atoms with Gasteiger partial charge in [-0.25, -0.2) is 0 Å². The van der Waals surface area contributed by atoms with Crippen LogP contribution < -0.4 is 0 Å². The van der Waals surface area contributed by atoms with E-state index in [9.17, 15) is 9.59 Å². The molecule has 5 nitrogen and oxygen atoms in total. The van der Waals surface area contributed by atoms with Crippen LogP contribution in [0.3, 0.4) is 0 Å². The molecule has 1 saturated heterocycles. The Morgan fingerprint density at radius 2 is 2.24 bits per heavy atom. The van der Waals surface area contributed by atoms with Crippen molar-refractivity contribution in [2.75, 3.05) is 0 Å². The Balaban J connectivity index is 2.20. The lowest BCUT2D eigenvalue weighted by molar-refractivity contribution is -0.301. The number of allylic oxidation sites excluding steroid dienone is 2. The van der Waals surface area contributed by atoms with Crippen molar-refractivity contribution in [3.05, 3.63) is 12.2 Å². The van der Waals surface area contributed by atoms with Crippen molar-refractivity contribution >= 4 is 11.8 Å². The van der Waals surface area contributed by atoms with Gasteiger partial charge in [0.25, 0.3) is 0 Å². The van der Waals surface area contributed by atoms with Gasteiger partial charge in [0, 0.05) is 6.42 Å². The van der Waals surface area contributed by atoms with Crippen LogP contribution >= 0.6 is 0 Å². The summed E-state index contributed by atoms with van der Waals surface area (Å²) in [5.41, 5.74) is 0. The summed E-state index contributed by atoms with van der Waals surface area (Å²) < 4.78 is 4.36. The number of Topliss-reactive ketones (excluding diaryl/α,β-unsaturated/α-hetero) is 1. The zero-order valence-corrected chi connectivity index (χ0v) is 9.89. The van der Waals surface area contributed by atoms with Crippen LogP contribution in [0, 0.1) is 5.92 Å². The molecule has 0 aromatic heterocycles. The summed E-state index contributed by atoms with van der Waals surface area (Å²) in [6.07, 6.45) is 6.19. The minimum Gasteiger partial charge on any atom is -0.408 e. The highest BCUT2D eigenvalue weighted by molar-refractivity contribution is 5.75.